The van der Waals surface area contributed by atoms with Crippen LogP contribution >= 0.6 is 0 Å². The third-order valence-electron chi connectivity index (χ3n) is 5.45. The van der Waals surface area contributed by atoms with E-state index in [0.29, 0.717) is 17.8 Å². The zero-order valence-corrected chi connectivity index (χ0v) is 16.1. The molecule has 1 fully saturated rings. The maximum Gasteiger partial charge on any atom is 0.256 e. The summed E-state index contributed by atoms with van der Waals surface area (Å²) in [6.45, 7) is 3.32. The first-order valence-corrected chi connectivity index (χ1v) is 9.73. The van der Waals surface area contributed by atoms with E-state index in [-0.39, 0.29) is 16.9 Å². The number of hydrogen-bond acceptors (Lipinski definition) is 4. The average molecular weight is 379 g/mol. The fourth-order valence-electron chi connectivity index (χ4n) is 4.02. The van der Waals surface area contributed by atoms with E-state index in [0.717, 1.165) is 43.8 Å². The van der Waals surface area contributed by atoms with E-state index in [1.165, 1.54) is 0 Å². The second-order valence-corrected chi connectivity index (χ2v) is 7.53. The van der Waals surface area contributed by atoms with E-state index < -0.39 is 0 Å². The second kappa shape index (κ2) is 8.02. The number of fused-ring (bicyclic) bond motifs is 1. The zero-order valence-electron chi connectivity index (χ0n) is 16.1. The van der Waals surface area contributed by atoms with E-state index in [1.807, 2.05) is 41.9 Å². The summed E-state index contributed by atoms with van der Waals surface area (Å²) < 4.78 is 7.27. The number of amides is 1. The number of nitrogens with zero attached hydrogens (tertiary/aromatic N) is 2. The van der Waals surface area contributed by atoms with Gasteiger partial charge in [-0.05, 0) is 49.6 Å². The Hall–Kier alpha value is -2.86. The number of aryl methyl sites for hydroxylation is 1. The van der Waals surface area contributed by atoms with Crippen LogP contribution in [0.5, 0.6) is 0 Å². The Labute approximate surface area is 163 Å². The van der Waals surface area contributed by atoms with Gasteiger partial charge in [-0.2, -0.15) is 0 Å². The van der Waals surface area contributed by atoms with Gasteiger partial charge in [-0.1, -0.05) is 12.1 Å². The number of rotatable bonds is 5. The van der Waals surface area contributed by atoms with E-state index in [1.54, 1.807) is 18.5 Å². The van der Waals surface area contributed by atoms with Crippen LogP contribution in [-0.4, -0.2) is 35.0 Å². The molecular weight excluding hydrogens is 354 g/mol. The van der Waals surface area contributed by atoms with Crippen molar-refractivity contribution in [3.05, 3.63) is 70.4 Å². The first kappa shape index (κ1) is 18.5. The minimum atomic E-state index is -0.297. The maximum absolute atomic E-state index is 12.7. The molecule has 3 aromatic rings. The first-order chi connectivity index (χ1) is 13.6. The molecule has 1 atom stereocenters. The molecule has 0 saturated carbocycles. The summed E-state index contributed by atoms with van der Waals surface area (Å²) in [6.07, 6.45) is 5.49. The lowest BCUT2D eigenvalue weighted by atomic mass is 9.97. The van der Waals surface area contributed by atoms with Crippen LogP contribution in [0.25, 0.3) is 10.9 Å². The molecule has 1 amide bonds. The number of likely N-dealkylation sites (tertiary alicyclic amines) is 1. The molecule has 0 radical (unpaired) electrons. The number of para-hydroxylation sites is 1. The molecule has 2 aromatic heterocycles. The highest BCUT2D eigenvalue weighted by Crippen LogP contribution is 2.18. The van der Waals surface area contributed by atoms with Crippen molar-refractivity contribution in [2.75, 3.05) is 19.6 Å². The van der Waals surface area contributed by atoms with Gasteiger partial charge < -0.3 is 14.3 Å². The van der Waals surface area contributed by atoms with Crippen molar-refractivity contribution in [1.29, 1.82) is 0 Å². The summed E-state index contributed by atoms with van der Waals surface area (Å²) in [7, 11) is 1.85. The molecule has 3 heterocycles. The largest absolute Gasteiger partial charge is 0.468 e. The lowest BCUT2D eigenvalue weighted by molar-refractivity contribution is 0.0926. The Bertz CT molecular complexity index is 1020. The van der Waals surface area contributed by atoms with Gasteiger partial charge >= 0.3 is 0 Å². The molecule has 1 aliphatic rings. The molecule has 1 unspecified atom stereocenters. The molecule has 1 aromatic carbocycles. The van der Waals surface area contributed by atoms with Crippen molar-refractivity contribution in [1.82, 2.24) is 14.8 Å². The number of carbonyl (C=O) groups is 1. The van der Waals surface area contributed by atoms with Gasteiger partial charge in [0, 0.05) is 31.7 Å². The van der Waals surface area contributed by atoms with Crippen LogP contribution < -0.4 is 10.7 Å². The van der Waals surface area contributed by atoms with Gasteiger partial charge in [0.2, 0.25) is 5.43 Å². The van der Waals surface area contributed by atoms with Gasteiger partial charge in [0.1, 0.15) is 11.3 Å². The van der Waals surface area contributed by atoms with Gasteiger partial charge in [-0.3, -0.25) is 14.5 Å². The maximum atomic E-state index is 12.7. The number of aromatic nitrogens is 1. The summed E-state index contributed by atoms with van der Waals surface area (Å²) in [5, 5.41) is 3.55. The van der Waals surface area contributed by atoms with Crippen molar-refractivity contribution in [3.8, 4) is 0 Å². The van der Waals surface area contributed by atoms with Gasteiger partial charge in [-0.15, -0.1) is 0 Å². The van der Waals surface area contributed by atoms with Gasteiger partial charge in [0.25, 0.3) is 5.91 Å². The molecule has 6 heteroatoms. The molecule has 1 aliphatic heterocycles. The van der Waals surface area contributed by atoms with Crippen LogP contribution in [0.2, 0.25) is 0 Å². The predicted molar refractivity (Wildman–Crippen MR) is 108 cm³/mol. The number of pyridine rings is 1. The van der Waals surface area contributed by atoms with Crippen molar-refractivity contribution in [3.63, 3.8) is 0 Å². The number of hydrogen-bond donors (Lipinski definition) is 1. The molecule has 6 nitrogen and oxygen atoms in total. The molecule has 1 saturated heterocycles. The average Bonchev–Trinajstić information content (AvgIpc) is 3.22. The molecule has 0 bridgehead atoms. The predicted octanol–water partition coefficient (Wildman–Crippen LogP) is 2.77. The highest BCUT2D eigenvalue weighted by Gasteiger charge is 2.22. The normalized spacial score (nSPS) is 17.7. The van der Waals surface area contributed by atoms with Crippen LogP contribution in [0.4, 0.5) is 0 Å². The SMILES string of the molecule is Cn1cc(C(=O)NCC2CCCN(Cc3ccco3)C2)c(=O)c2ccccc21. The van der Waals surface area contributed by atoms with Crippen molar-refractivity contribution in [2.24, 2.45) is 13.0 Å². The minimum Gasteiger partial charge on any atom is -0.468 e. The van der Waals surface area contributed by atoms with E-state index >= 15 is 0 Å². The molecule has 28 heavy (non-hydrogen) atoms. The van der Waals surface area contributed by atoms with E-state index in [4.69, 9.17) is 4.42 Å². The van der Waals surface area contributed by atoms with E-state index in [2.05, 4.69) is 10.2 Å². The number of piperidine rings is 1. The van der Waals surface area contributed by atoms with Crippen molar-refractivity contribution < 1.29 is 9.21 Å². The summed E-state index contributed by atoms with van der Waals surface area (Å²) in [4.78, 5) is 27.8. The Balaban J connectivity index is 1.41. The summed E-state index contributed by atoms with van der Waals surface area (Å²) in [6, 6.07) is 11.2. The van der Waals surface area contributed by atoms with E-state index in [9.17, 15) is 9.59 Å². The van der Waals surface area contributed by atoms with Gasteiger partial charge in [-0.25, -0.2) is 0 Å². The topological polar surface area (TPSA) is 67.5 Å². The monoisotopic (exact) mass is 379 g/mol. The van der Waals surface area contributed by atoms with Crippen LogP contribution in [-0.2, 0) is 13.6 Å². The smallest absolute Gasteiger partial charge is 0.256 e. The highest BCUT2D eigenvalue weighted by atomic mass is 16.3. The Morgan fingerprint density at radius 2 is 2.11 bits per heavy atom. The van der Waals surface area contributed by atoms with Crippen molar-refractivity contribution in [2.45, 2.75) is 19.4 Å². The number of nitrogens with one attached hydrogen (secondary N) is 1. The summed E-state index contributed by atoms with van der Waals surface area (Å²) in [5.41, 5.74) is 0.809. The molecule has 0 aliphatic carbocycles. The minimum absolute atomic E-state index is 0.199. The van der Waals surface area contributed by atoms with Crippen LogP contribution in [0.1, 0.15) is 29.0 Å². The van der Waals surface area contributed by atoms with Crippen LogP contribution in [0, 0.1) is 5.92 Å². The summed E-state index contributed by atoms with van der Waals surface area (Å²) >= 11 is 0. The van der Waals surface area contributed by atoms with Gasteiger partial charge in [0.15, 0.2) is 0 Å². The third-order valence-corrected chi connectivity index (χ3v) is 5.45. The number of furan rings is 1. The second-order valence-electron chi connectivity index (χ2n) is 7.53. The van der Waals surface area contributed by atoms with Crippen LogP contribution in [0.3, 0.4) is 0 Å². The number of benzene rings is 1. The Kier molecular flexibility index (Phi) is 5.30. The quantitative estimate of drug-likeness (QED) is 0.740. The third kappa shape index (κ3) is 3.87. The fourth-order valence-corrected chi connectivity index (χ4v) is 4.02. The molecule has 1 N–H and O–H groups in total. The number of carbonyl (C=O) groups excluding carboxylic acids is 1. The summed E-state index contributed by atoms with van der Waals surface area (Å²) in [5.74, 6) is 1.04. The lowest BCUT2D eigenvalue weighted by Gasteiger charge is -2.32. The Morgan fingerprint density at radius 1 is 1.25 bits per heavy atom. The standard InChI is InChI=1S/C22H25N3O3/c1-24-15-19(21(26)18-8-2-3-9-20(18)24)22(27)23-12-16-6-4-10-25(13-16)14-17-7-5-11-28-17/h2-3,5,7-9,11,15-16H,4,6,10,12-14H2,1H3,(H,23,27). The molecule has 4 rings (SSSR count). The zero-order chi connectivity index (χ0) is 19.5. The van der Waals surface area contributed by atoms with Crippen molar-refractivity contribution >= 4 is 16.8 Å². The molecule has 0 spiro atoms. The van der Waals surface area contributed by atoms with Crippen LogP contribution in [0.15, 0.2) is 58.1 Å². The van der Waals surface area contributed by atoms with Gasteiger partial charge in [0.05, 0.1) is 18.3 Å². The molecule has 146 valence electrons. The highest BCUT2D eigenvalue weighted by molar-refractivity contribution is 5.97. The lowest BCUT2D eigenvalue weighted by Crippen LogP contribution is -2.41. The molecular formula is C22H25N3O3. The fraction of sp³-hybridized carbons (Fsp3) is 0.364. The first-order valence-electron chi connectivity index (χ1n) is 9.73. The Morgan fingerprint density at radius 3 is 2.93 bits per heavy atom.